The van der Waals surface area contributed by atoms with Gasteiger partial charge in [-0.05, 0) is 29.9 Å². The Morgan fingerprint density at radius 1 is 1.25 bits per heavy atom. The van der Waals surface area contributed by atoms with Crippen LogP contribution in [-0.2, 0) is 0 Å². The van der Waals surface area contributed by atoms with Crippen molar-refractivity contribution in [3.63, 3.8) is 0 Å². The van der Waals surface area contributed by atoms with Gasteiger partial charge in [-0.1, -0.05) is 12.1 Å². The molecule has 1 unspecified atom stereocenters. The van der Waals surface area contributed by atoms with Gasteiger partial charge >= 0.3 is 0 Å². The molecule has 0 N–H and O–H groups in total. The SMILES string of the molecule is CN(C)c1ccc(C2N=NC(=S)N2C)cc1. The Morgan fingerprint density at radius 3 is 2.31 bits per heavy atom. The van der Waals surface area contributed by atoms with Crippen molar-refractivity contribution in [2.45, 2.75) is 6.17 Å². The lowest BCUT2D eigenvalue weighted by atomic mass is 10.1. The van der Waals surface area contributed by atoms with Crippen molar-refractivity contribution in [2.75, 3.05) is 26.0 Å². The summed E-state index contributed by atoms with van der Waals surface area (Å²) in [5.74, 6) is 0. The van der Waals surface area contributed by atoms with Gasteiger partial charge in [-0.15, -0.1) is 5.11 Å². The van der Waals surface area contributed by atoms with E-state index in [9.17, 15) is 0 Å². The second-order valence-electron chi connectivity index (χ2n) is 3.97. The van der Waals surface area contributed by atoms with Crippen LogP contribution in [-0.4, -0.2) is 31.2 Å². The van der Waals surface area contributed by atoms with Gasteiger partial charge in [0.25, 0.3) is 0 Å². The highest BCUT2D eigenvalue weighted by atomic mass is 32.1. The molecule has 0 saturated heterocycles. The fraction of sp³-hybridized carbons (Fsp3) is 0.364. The topological polar surface area (TPSA) is 31.2 Å². The Labute approximate surface area is 101 Å². The van der Waals surface area contributed by atoms with E-state index in [1.807, 2.05) is 26.0 Å². The largest absolute Gasteiger partial charge is 0.378 e. The van der Waals surface area contributed by atoms with Crippen LogP contribution in [0.2, 0.25) is 0 Å². The minimum atomic E-state index is -0.0660. The molecule has 1 aliphatic heterocycles. The molecule has 1 atom stereocenters. The Bertz CT molecular complexity index is 424. The van der Waals surface area contributed by atoms with Crippen LogP contribution < -0.4 is 4.90 Å². The van der Waals surface area contributed by atoms with Gasteiger partial charge in [0.1, 0.15) is 0 Å². The minimum Gasteiger partial charge on any atom is -0.378 e. The first kappa shape index (κ1) is 11.0. The number of thiocarbonyl (C=S) groups is 1. The maximum absolute atomic E-state index is 5.04. The van der Waals surface area contributed by atoms with Gasteiger partial charge < -0.3 is 9.80 Å². The zero-order valence-corrected chi connectivity index (χ0v) is 10.4. The zero-order valence-electron chi connectivity index (χ0n) is 9.58. The van der Waals surface area contributed by atoms with E-state index >= 15 is 0 Å². The summed E-state index contributed by atoms with van der Waals surface area (Å²) in [6, 6.07) is 8.26. The van der Waals surface area contributed by atoms with Gasteiger partial charge in [0.15, 0.2) is 6.17 Å². The minimum absolute atomic E-state index is 0.0660. The summed E-state index contributed by atoms with van der Waals surface area (Å²) < 4.78 is 0. The maximum atomic E-state index is 5.04. The molecule has 4 nitrogen and oxygen atoms in total. The molecule has 0 aromatic heterocycles. The third-order valence-corrected chi connectivity index (χ3v) is 3.00. The Balaban J connectivity index is 2.23. The Hall–Kier alpha value is -1.49. The Morgan fingerprint density at radius 2 is 1.88 bits per heavy atom. The fourth-order valence-corrected chi connectivity index (χ4v) is 1.74. The van der Waals surface area contributed by atoms with Crippen LogP contribution >= 0.6 is 12.2 Å². The number of azo groups is 1. The molecular weight excluding hydrogens is 220 g/mol. The van der Waals surface area contributed by atoms with E-state index in [1.54, 1.807) is 0 Å². The van der Waals surface area contributed by atoms with E-state index in [0.29, 0.717) is 5.11 Å². The second-order valence-corrected chi connectivity index (χ2v) is 4.33. The smallest absolute Gasteiger partial charge is 0.217 e. The van der Waals surface area contributed by atoms with Crippen molar-refractivity contribution in [2.24, 2.45) is 10.2 Å². The molecule has 5 heteroatoms. The summed E-state index contributed by atoms with van der Waals surface area (Å²) in [5.41, 5.74) is 2.28. The van der Waals surface area contributed by atoms with Crippen LogP contribution in [0.1, 0.15) is 11.7 Å². The normalized spacial score (nSPS) is 19.3. The summed E-state index contributed by atoms with van der Waals surface area (Å²) in [4.78, 5) is 3.95. The molecule has 1 aliphatic rings. The highest BCUT2D eigenvalue weighted by molar-refractivity contribution is 7.80. The van der Waals surface area contributed by atoms with Gasteiger partial charge in [-0.2, -0.15) is 5.11 Å². The highest BCUT2D eigenvalue weighted by Crippen LogP contribution is 2.28. The standard InChI is InChI=1S/C11H14N4S/c1-14(2)9-6-4-8(5-7-9)10-12-13-11(16)15(10)3/h4-7,10H,1-3H3. The predicted octanol–water partition coefficient (Wildman–Crippen LogP) is 2.43. The lowest BCUT2D eigenvalue weighted by molar-refractivity contribution is 0.414. The van der Waals surface area contributed by atoms with Gasteiger partial charge in [0.05, 0.1) is 0 Å². The van der Waals surface area contributed by atoms with E-state index in [2.05, 4.69) is 39.4 Å². The van der Waals surface area contributed by atoms with Crippen molar-refractivity contribution < 1.29 is 0 Å². The summed E-state index contributed by atoms with van der Waals surface area (Å²) in [5, 5.41) is 8.59. The first-order valence-electron chi connectivity index (χ1n) is 5.04. The number of hydrogen-bond acceptors (Lipinski definition) is 3. The van der Waals surface area contributed by atoms with Crippen LogP contribution in [0, 0.1) is 0 Å². The first-order chi connectivity index (χ1) is 7.59. The van der Waals surface area contributed by atoms with E-state index in [-0.39, 0.29) is 6.17 Å². The molecule has 0 aliphatic carbocycles. The monoisotopic (exact) mass is 234 g/mol. The number of anilines is 1. The lowest BCUT2D eigenvalue weighted by Gasteiger charge is -2.19. The van der Waals surface area contributed by atoms with Gasteiger partial charge in [-0.3, -0.25) is 0 Å². The first-order valence-corrected chi connectivity index (χ1v) is 5.45. The van der Waals surface area contributed by atoms with Gasteiger partial charge in [0.2, 0.25) is 5.11 Å². The van der Waals surface area contributed by atoms with E-state index < -0.39 is 0 Å². The van der Waals surface area contributed by atoms with Crippen LogP contribution in [0.15, 0.2) is 34.5 Å². The maximum Gasteiger partial charge on any atom is 0.217 e. The van der Waals surface area contributed by atoms with Crippen molar-refractivity contribution in [3.05, 3.63) is 29.8 Å². The quantitative estimate of drug-likeness (QED) is 0.736. The molecule has 2 rings (SSSR count). The molecule has 84 valence electrons. The molecular formula is C11H14N4S. The van der Waals surface area contributed by atoms with Crippen LogP contribution in [0.4, 0.5) is 5.69 Å². The molecule has 0 spiro atoms. The summed E-state index contributed by atoms with van der Waals surface area (Å²) in [7, 11) is 5.95. The summed E-state index contributed by atoms with van der Waals surface area (Å²) in [6.07, 6.45) is -0.0660. The number of hydrogen-bond donors (Lipinski definition) is 0. The zero-order chi connectivity index (χ0) is 11.7. The molecule has 0 bridgehead atoms. The number of nitrogens with zero attached hydrogens (tertiary/aromatic N) is 4. The molecule has 1 aromatic carbocycles. The van der Waals surface area contributed by atoms with Crippen molar-refractivity contribution in [1.29, 1.82) is 0 Å². The number of benzene rings is 1. The van der Waals surface area contributed by atoms with E-state index in [1.165, 1.54) is 5.69 Å². The van der Waals surface area contributed by atoms with Crippen molar-refractivity contribution >= 4 is 23.0 Å². The van der Waals surface area contributed by atoms with Crippen LogP contribution in [0.3, 0.4) is 0 Å². The molecule has 0 amide bonds. The molecule has 0 saturated carbocycles. The van der Waals surface area contributed by atoms with Crippen LogP contribution in [0.25, 0.3) is 0 Å². The third kappa shape index (κ3) is 1.90. The van der Waals surface area contributed by atoms with Gasteiger partial charge in [0, 0.05) is 26.8 Å². The molecule has 0 radical (unpaired) electrons. The Kier molecular flexibility index (Phi) is 2.87. The van der Waals surface area contributed by atoms with Crippen molar-refractivity contribution in [3.8, 4) is 0 Å². The lowest BCUT2D eigenvalue weighted by Crippen LogP contribution is -2.22. The summed E-state index contributed by atoms with van der Waals surface area (Å²) in [6.45, 7) is 0. The molecule has 1 aromatic rings. The van der Waals surface area contributed by atoms with Crippen LogP contribution in [0.5, 0.6) is 0 Å². The van der Waals surface area contributed by atoms with Gasteiger partial charge in [-0.25, -0.2) is 0 Å². The predicted molar refractivity (Wildman–Crippen MR) is 68.7 cm³/mol. The molecule has 16 heavy (non-hydrogen) atoms. The summed E-state index contributed by atoms with van der Waals surface area (Å²) >= 11 is 5.04. The van der Waals surface area contributed by atoms with E-state index in [0.717, 1.165) is 5.56 Å². The molecule has 1 heterocycles. The fourth-order valence-electron chi connectivity index (χ4n) is 1.59. The van der Waals surface area contributed by atoms with E-state index in [4.69, 9.17) is 12.2 Å². The highest BCUT2D eigenvalue weighted by Gasteiger charge is 2.23. The average Bonchev–Trinajstić information content (AvgIpc) is 2.60. The third-order valence-electron chi connectivity index (χ3n) is 2.63. The molecule has 0 fully saturated rings. The van der Waals surface area contributed by atoms with Crippen molar-refractivity contribution in [1.82, 2.24) is 4.90 Å². The second kappa shape index (κ2) is 4.17. The average molecular weight is 234 g/mol. The number of rotatable bonds is 2.